The Labute approximate surface area is 126 Å². The number of urea groups is 1. The van der Waals surface area contributed by atoms with Gasteiger partial charge in [-0.05, 0) is 19.1 Å². The van der Waals surface area contributed by atoms with Crippen LogP contribution < -0.4 is 5.32 Å². The van der Waals surface area contributed by atoms with Crippen molar-refractivity contribution in [2.45, 2.75) is 6.92 Å². The molecule has 114 valence electrons. The van der Waals surface area contributed by atoms with E-state index in [0.29, 0.717) is 24.6 Å². The number of anilines is 1. The molecular weight excluding hydrogens is 286 g/mol. The molecule has 0 saturated carbocycles. The highest BCUT2D eigenvalue weighted by atomic mass is 16.6. The van der Waals surface area contributed by atoms with E-state index in [9.17, 15) is 4.79 Å². The summed E-state index contributed by atoms with van der Waals surface area (Å²) in [5.74, 6) is 0.422. The Bertz CT molecular complexity index is 702. The zero-order valence-electron chi connectivity index (χ0n) is 12.2. The molecule has 2 aromatic heterocycles. The molecule has 0 aliphatic carbocycles. The first-order chi connectivity index (χ1) is 10.7. The normalized spacial score (nSPS) is 13.5. The number of carbonyl (C=O) groups is 1. The number of oxime groups is 1. The molecular formula is C13H15N7O2. The lowest BCUT2D eigenvalue weighted by Gasteiger charge is -2.31. The molecule has 0 radical (unpaired) electrons. The quantitative estimate of drug-likeness (QED) is 0.846. The largest absolute Gasteiger partial charge is 0.399 e. The molecule has 1 saturated heterocycles. The van der Waals surface area contributed by atoms with Gasteiger partial charge >= 0.3 is 6.03 Å². The highest BCUT2D eigenvalue weighted by Crippen LogP contribution is 2.14. The van der Waals surface area contributed by atoms with Gasteiger partial charge in [0.05, 0.1) is 25.0 Å². The third-order valence-corrected chi connectivity index (χ3v) is 3.14. The Morgan fingerprint density at radius 1 is 1.41 bits per heavy atom. The van der Waals surface area contributed by atoms with Gasteiger partial charge in [0.1, 0.15) is 18.5 Å². The maximum atomic E-state index is 12.1. The van der Waals surface area contributed by atoms with Gasteiger partial charge in [0, 0.05) is 6.20 Å². The highest BCUT2D eigenvalue weighted by molar-refractivity contribution is 6.02. The molecule has 3 heterocycles. The minimum atomic E-state index is -0.239. The first-order valence-corrected chi connectivity index (χ1v) is 6.66. The number of nitrogens with one attached hydrogen (secondary N) is 1. The van der Waals surface area contributed by atoms with Crippen LogP contribution in [0.4, 0.5) is 10.6 Å². The van der Waals surface area contributed by atoms with Crippen LogP contribution in [-0.2, 0) is 4.84 Å². The molecule has 2 aromatic rings. The van der Waals surface area contributed by atoms with E-state index < -0.39 is 0 Å². The summed E-state index contributed by atoms with van der Waals surface area (Å²) in [4.78, 5) is 23.8. The van der Waals surface area contributed by atoms with Gasteiger partial charge < -0.3 is 9.74 Å². The fourth-order valence-corrected chi connectivity index (χ4v) is 1.99. The van der Waals surface area contributed by atoms with Gasteiger partial charge in [-0.25, -0.2) is 4.79 Å². The van der Waals surface area contributed by atoms with Crippen LogP contribution >= 0.6 is 0 Å². The first-order valence-electron chi connectivity index (χ1n) is 6.66. The van der Waals surface area contributed by atoms with Crippen molar-refractivity contribution >= 4 is 17.6 Å². The SMILES string of the molecule is CON=C1CN(C(=O)Nc2nn(-c3cccnc3)nc2C)C1. The minimum absolute atomic E-state index is 0.239. The van der Waals surface area contributed by atoms with Crippen molar-refractivity contribution in [1.29, 1.82) is 0 Å². The molecule has 3 rings (SSSR count). The van der Waals surface area contributed by atoms with Gasteiger partial charge in [-0.15, -0.1) is 9.90 Å². The Morgan fingerprint density at radius 2 is 2.23 bits per heavy atom. The number of carbonyl (C=O) groups excluding carboxylic acids is 1. The van der Waals surface area contributed by atoms with Crippen LogP contribution in [0.1, 0.15) is 5.69 Å². The summed E-state index contributed by atoms with van der Waals surface area (Å²) in [6, 6.07) is 3.39. The number of aromatic nitrogens is 4. The van der Waals surface area contributed by atoms with Crippen LogP contribution in [0, 0.1) is 6.92 Å². The summed E-state index contributed by atoms with van der Waals surface area (Å²) >= 11 is 0. The predicted molar refractivity (Wildman–Crippen MR) is 78.9 cm³/mol. The van der Waals surface area contributed by atoms with Crippen LogP contribution in [0.15, 0.2) is 29.7 Å². The summed E-state index contributed by atoms with van der Waals surface area (Å²) < 4.78 is 0. The molecule has 1 aliphatic rings. The van der Waals surface area contributed by atoms with Gasteiger partial charge in [-0.2, -0.15) is 5.10 Å². The van der Waals surface area contributed by atoms with E-state index in [1.165, 1.54) is 11.9 Å². The van der Waals surface area contributed by atoms with Crippen molar-refractivity contribution in [2.24, 2.45) is 5.16 Å². The van der Waals surface area contributed by atoms with Crippen LogP contribution in [0.3, 0.4) is 0 Å². The molecule has 9 nitrogen and oxygen atoms in total. The third-order valence-electron chi connectivity index (χ3n) is 3.14. The lowest BCUT2D eigenvalue weighted by Crippen LogP contribution is -2.52. The lowest BCUT2D eigenvalue weighted by molar-refractivity contribution is 0.195. The fraction of sp³-hybridized carbons (Fsp3) is 0.308. The van der Waals surface area contributed by atoms with Gasteiger partial charge in [0.2, 0.25) is 0 Å². The fourth-order valence-electron chi connectivity index (χ4n) is 1.99. The van der Waals surface area contributed by atoms with E-state index in [2.05, 4.69) is 30.5 Å². The molecule has 0 aromatic carbocycles. The molecule has 0 spiro atoms. The summed E-state index contributed by atoms with van der Waals surface area (Å²) in [5, 5.41) is 15.1. The van der Waals surface area contributed by atoms with E-state index in [1.54, 1.807) is 30.3 Å². The molecule has 2 amide bonds. The number of aryl methyl sites for hydroxylation is 1. The monoisotopic (exact) mass is 301 g/mol. The van der Waals surface area contributed by atoms with E-state index >= 15 is 0 Å². The second kappa shape index (κ2) is 5.80. The van der Waals surface area contributed by atoms with Crippen molar-refractivity contribution in [1.82, 2.24) is 24.9 Å². The van der Waals surface area contributed by atoms with Gasteiger partial charge in [-0.1, -0.05) is 5.16 Å². The van der Waals surface area contributed by atoms with E-state index in [-0.39, 0.29) is 6.03 Å². The zero-order chi connectivity index (χ0) is 15.5. The number of hydrogen-bond acceptors (Lipinski definition) is 6. The topological polar surface area (TPSA) is 97.5 Å². The van der Waals surface area contributed by atoms with Crippen LogP contribution in [0.5, 0.6) is 0 Å². The van der Waals surface area contributed by atoms with Gasteiger partial charge in [0.15, 0.2) is 5.82 Å². The van der Waals surface area contributed by atoms with Crippen LogP contribution in [0.2, 0.25) is 0 Å². The third kappa shape index (κ3) is 2.73. The van der Waals surface area contributed by atoms with Crippen molar-refractivity contribution in [3.05, 3.63) is 30.2 Å². The first kappa shape index (κ1) is 14.0. The molecule has 9 heteroatoms. The number of likely N-dealkylation sites (tertiary alicyclic amines) is 1. The smallest absolute Gasteiger partial charge is 0.323 e. The van der Waals surface area contributed by atoms with Crippen molar-refractivity contribution in [3.8, 4) is 5.69 Å². The number of pyridine rings is 1. The standard InChI is InChI=1S/C13H15N7O2/c1-9-12(15-13(21)19-7-10(8-19)18-22-2)17-20(16-9)11-4-3-5-14-6-11/h3-6H,7-8H2,1-2H3,(H,15,17,21). The Morgan fingerprint density at radius 3 is 2.91 bits per heavy atom. The summed E-state index contributed by atoms with van der Waals surface area (Å²) in [7, 11) is 1.48. The summed E-state index contributed by atoms with van der Waals surface area (Å²) in [5.41, 5.74) is 2.18. The van der Waals surface area contributed by atoms with Crippen LogP contribution in [-0.4, -0.2) is 56.8 Å². The number of amides is 2. The number of rotatable bonds is 3. The second-order valence-electron chi connectivity index (χ2n) is 4.76. The minimum Gasteiger partial charge on any atom is -0.399 e. The number of hydrogen-bond donors (Lipinski definition) is 1. The predicted octanol–water partition coefficient (Wildman–Crippen LogP) is 0.821. The Kier molecular flexibility index (Phi) is 3.69. The molecule has 0 unspecified atom stereocenters. The molecule has 0 bridgehead atoms. The lowest BCUT2D eigenvalue weighted by atomic mass is 10.2. The van der Waals surface area contributed by atoms with Gasteiger partial charge in [0.25, 0.3) is 0 Å². The Hall–Kier alpha value is -2.97. The summed E-state index contributed by atoms with van der Waals surface area (Å²) in [6.07, 6.45) is 3.32. The van der Waals surface area contributed by atoms with Crippen molar-refractivity contribution in [2.75, 3.05) is 25.5 Å². The van der Waals surface area contributed by atoms with E-state index in [1.807, 2.05) is 6.07 Å². The van der Waals surface area contributed by atoms with E-state index in [0.717, 1.165) is 11.4 Å². The Balaban J connectivity index is 1.68. The van der Waals surface area contributed by atoms with Crippen molar-refractivity contribution in [3.63, 3.8) is 0 Å². The van der Waals surface area contributed by atoms with Crippen molar-refractivity contribution < 1.29 is 9.63 Å². The zero-order valence-corrected chi connectivity index (χ0v) is 12.2. The molecule has 1 aliphatic heterocycles. The summed E-state index contributed by atoms with van der Waals surface area (Å²) in [6.45, 7) is 2.69. The average molecular weight is 301 g/mol. The average Bonchev–Trinajstić information content (AvgIpc) is 2.84. The second-order valence-corrected chi connectivity index (χ2v) is 4.76. The van der Waals surface area contributed by atoms with Gasteiger partial charge in [-0.3, -0.25) is 10.3 Å². The highest BCUT2D eigenvalue weighted by Gasteiger charge is 2.28. The molecule has 0 atom stereocenters. The number of nitrogens with zero attached hydrogens (tertiary/aromatic N) is 6. The van der Waals surface area contributed by atoms with E-state index in [4.69, 9.17) is 0 Å². The maximum absolute atomic E-state index is 12.1. The molecule has 1 N–H and O–H groups in total. The van der Waals surface area contributed by atoms with Crippen LogP contribution in [0.25, 0.3) is 5.69 Å². The molecule has 22 heavy (non-hydrogen) atoms. The molecule has 1 fully saturated rings. The maximum Gasteiger partial charge on any atom is 0.323 e.